The van der Waals surface area contributed by atoms with E-state index < -0.39 is 23.7 Å². The Bertz CT molecular complexity index is 566. The summed E-state index contributed by atoms with van der Waals surface area (Å²) in [5.41, 5.74) is 0.142. The van der Waals surface area contributed by atoms with Crippen LogP contribution in [0.25, 0.3) is 0 Å². The van der Waals surface area contributed by atoms with Crippen LogP contribution >= 0.6 is 11.6 Å². The summed E-state index contributed by atoms with van der Waals surface area (Å²) in [7, 11) is 2.77. The quantitative estimate of drug-likeness (QED) is 0.799. The van der Waals surface area contributed by atoms with E-state index in [1.807, 2.05) is 0 Å². The van der Waals surface area contributed by atoms with Crippen LogP contribution in [-0.4, -0.2) is 49.7 Å². The molecule has 1 aliphatic heterocycles. The zero-order chi connectivity index (χ0) is 15.6. The Balaban J connectivity index is 2.29. The molecule has 0 aliphatic carbocycles. The van der Waals surface area contributed by atoms with Gasteiger partial charge in [-0.15, -0.1) is 0 Å². The predicted octanol–water partition coefficient (Wildman–Crippen LogP) is 1.88. The van der Waals surface area contributed by atoms with Crippen molar-refractivity contribution in [1.82, 2.24) is 4.90 Å². The number of esters is 1. The lowest BCUT2D eigenvalue weighted by atomic mass is 10.1. The second-order valence-electron chi connectivity index (χ2n) is 4.71. The number of methoxy groups -OCH3 is 2. The maximum atomic E-state index is 13.1. The number of nitrogens with zero attached hydrogens (tertiary/aromatic N) is 1. The van der Waals surface area contributed by atoms with Crippen molar-refractivity contribution < 1.29 is 23.5 Å². The Kier molecular flexibility index (Phi) is 4.80. The molecular weight excluding hydrogens is 301 g/mol. The number of benzene rings is 1. The first-order valence-corrected chi connectivity index (χ1v) is 6.72. The number of halogens is 2. The van der Waals surface area contributed by atoms with Crippen molar-refractivity contribution in [2.75, 3.05) is 20.8 Å². The number of hydrogen-bond acceptors (Lipinski definition) is 4. The van der Waals surface area contributed by atoms with Gasteiger partial charge in [-0.05, 0) is 18.2 Å². The molecule has 0 N–H and O–H groups in total. The number of hydrogen-bond donors (Lipinski definition) is 0. The van der Waals surface area contributed by atoms with Crippen molar-refractivity contribution in [1.29, 1.82) is 0 Å². The second kappa shape index (κ2) is 6.41. The van der Waals surface area contributed by atoms with Crippen LogP contribution in [0, 0.1) is 5.82 Å². The molecule has 114 valence electrons. The SMILES string of the molecule is COC(=O)C1CC(OC)CN1C(=O)c1ccc(F)cc1Cl. The molecule has 0 spiro atoms. The van der Waals surface area contributed by atoms with Gasteiger partial charge >= 0.3 is 5.97 Å². The van der Waals surface area contributed by atoms with Crippen LogP contribution in [0.15, 0.2) is 18.2 Å². The molecule has 0 aromatic heterocycles. The molecule has 21 heavy (non-hydrogen) atoms. The molecule has 1 amide bonds. The number of rotatable bonds is 3. The summed E-state index contributed by atoms with van der Waals surface area (Å²) in [6.07, 6.45) is 0.102. The highest BCUT2D eigenvalue weighted by Gasteiger charge is 2.41. The highest BCUT2D eigenvalue weighted by atomic mass is 35.5. The smallest absolute Gasteiger partial charge is 0.328 e. The van der Waals surface area contributed by atoms with Crippen molar-refractivity contribution in [2.45, 2.75) is 18.6 Å². The van der Waals surface area contributed by atoms with Crippen LogP contribution in [-0.2, 0) is 14.3 Å². The molecule has 2 rings (SSSR count). The van der Waals surface area contributed by atoms with E-state index in [1.54, 1.807) is 0 Å². The Morgan fingerprint density at radius 2 is 2.10 bits per heavy atom. The molecule has 1 aliphatic rings. The summed E-state index contributed by atoms with van der Waals surface area (Å²) in [5, 5.41) is 0.00415. The molecule has 1 saturated heterocycles. The van der Waals surface area contributed by atoms with E-state index in [2.05, 4.69) is 0 Å². The first-order valence-electron chi connectivity index (χ1n) is 6.34. The van der Waals surface area contributed by atoms with Crippen molar-refractivity contribution in [2.24, 2.45) is 0 Å². The van der Waals surface area contributed by atoms with Gasteiger partial charge in [-0.3, -0.25) is 4.79 Å². The van der Waals surface area contributed by atoms with Crippen molar-refractivity contribution >= 4 is 23.5 Å². The molecule has 0 bridgehead atoms. The van der Waals surface area contributed by atoms with Gasteiger partial charge in [-0.1, -0.05) is 11.6 Å². The Hall–Kier alpha value is -1.66. The van der Waals surface area contributed by atoms with E-state index in [-0.39, 0.29) is 23.2 Å². The van der Waals surface area contributed by atoms with Gasteiger partial charge < -0.3 is 14.4 Å². The van der Waals surface area contributed by atoms with Gasteiger partial charge in [0.15, 0.2) is 0 Å². The zero-order valence-electron chi connectivity index (χ0n) is 11.6. The molecule has 0 radical (unpaired) electrons. The van der Waals surface area contributed by atoms with E-state index >= 15 is 0 Å². The maximum Gasteiger partial charge on any atom is 0.328 e. The lowest BCUT2D eigenvalue weighted by molar-refractivity contribution is -0.145. The highest BCUT2D eigenvalue weighted by Crippen LogP contribution is 2.26. The molecule has 1 heterocycles. The summed E-state index contributed by atoms with van der Waals surface area (Å²) in [5.74, 6) is -1.49. The number of carbonyl (C=O) groups is 2. The minimum atomic E-state index is -0.728. The van der Waals surface area contributed by atoms with Crippen LogP contribution < -0.4 is 0 Å². The number of carbonyl (C=O) groups excluding carboxylic acids is 2. The fourth-order valence-corrected chi connectivity index (χ4v) is 2.62. The van der Waals surface area contributed by atoms with Crippen molar-refractivity contribution in [3.8, 4) is 0 Å². The van der Waals surface area contributed by atoms with Crippen molar-refractivity contribution in [3.05, 3.63) is 34.6 Å². The molecule has 7 heteroatoms. The van der Waals surface area contributed by atoms with Gasteiger partial charge in [0.25, 0.3) is 5.91 Å². The molecule has 0 saturated carbocycles. The van der Waals surface area contributed by atoms with E-state index in [1.165, 1.54) is 25.2 Å². The third-order valence-electron chi connectivity index (χ3n) is 3.49. The van der Waals surface area contributed by atoms with Gasteiger partial charge in [-0.2, -0.15) is 0 Å². The number of amides is 1. The molecule has 5 nitrogen and oxygen atoms in total. The maximum absolute atomic E-state index is 13.1. The fraction of sp³-hybridized carbons (Fsp3) is 0.429. The molecule has 2 unspecified atom stereocenters. The van der Waals surface area contributed by atoms with E-state index in [0.29, 0.717) is 6.42 Å². The molecule has 1 aromatic rings. The topological polar surface area (TPSA) is 55.8 Å². The van der Waals surface area contributed by atoms with Crippen LogP contribution in [0.2, 0.25) is 5.02 Å². The minimum Gasteiger partial charge on any atom is -0.467 e. The lowest BCUT2D eigenvalue weighted by Gasteiger charge is -2.22. The molecule has 1 aromatic carbocycles. The van der Waals surface area contributed by atoms with E-state index in [0.717, 1.165) is 12.1 Å². The van der Waals surface area contributed by atoms with Crippen LogP contribution in [0.3, 0.4) is 0 Å². The van der Waals surface area contributed by atoms with Gasteiger partial charge in [0.2, 0.25) is 0 Å². The summed E-state index contributed by atoms with van der Waals surface area (Å²) < 4.78 is 23.0. The van der Waals surface area contributed by atoms with Gasteiger partial charge in [0.1, 0.15) is 11.9 Å². The largest absolute Gasteiger partial charge is 0.467 e. The summed E-state index contributed by atoms with van der Waals surface area (Å²) >= 11 is 5.90. The molecule has 2 atom stereocenters. The van der Waals surface area contributed by atoms with Crippen molar-refractivity contribution in [3.63, 3.8) is 0 Å². The zero-order valence-corrected chi connectivity index (χ0v) is 12.4. The van der Waals surface area contributed by atoms with Crippen LogP contribution in [0.1, 0.15) is 16.8 Å². The third-order valence-corrected chi connectivity index (χ3v) is 3.80. The summed E-state index contributed by atoms with van der Waals surface area (Å²) in [4.78, 5) is 25.7. The number of likely N-dealkylation sites (tertiary alicyclic amines) is 1. The van der Waals surface area contributed by atoms with Gasteiger partial charge in [0.05, 0.1) is 23.8 Å². The Labute approximate surface area is 126 Å². The average Bonchev–Trinajstić information content (AvgIpc) is 2.90. The predicted molar refractivity (Wildman–Crippen MR) is 73.7 cm³/mol. The van der Waals surface area contributed by atoms with E-state index in [4.69, 9.17) is 21.1 Å². The Morgan fingerprint density at radius 1 is 1.38 bits per heavy atom. The number of ether oxygens (including phenoxy) is 2. The van der Waals surface area contributed by atoms with Gasteiger partial charge in [-0.25, -0.2) is 9.18 Å². The third kappa shape index (κ3) is 3.16. The van der Waals surface area contributed by atoms with E-state index in [9.17, 15) is 14.0 Å². The Morgan fingerprint density at radius 3 is 2.67 bits per heavy atom. The summed E-state index contributed by atoms with van der Waals surface area (Å²) in [6, 6.07) is 2.78. The standard InChI is InChI=1S/C14H15ClFNO4/c1-20-9-6-12(14(19)21-2)17(7-9)13(18)10-4-3-8(16)5-11(10)15/h3-5,9,12H,6-7H2,1-2H3. The fourth-order valence-electron chi connectivity index (χ4n) is 2.37. The van der Waals surface area contributed by atoms with Crippen LogP contribution in [0.4, 0.5) is 4.39 Å². The minimum absolute atomic E-state index is 0.00415. The van der Waals surface area contributed by atoms with Gasteiger partial charge in [0, 0.05) is 20.1 Å². The second-order valence-corrected chi connectivity index (χ2v) is 5.12. The first-order chi connectivity index (χ1) is 9.97. The molecular formula is C14H15ClFNO4. The first kappa shape index (κ1) is 15.7. The monoisotopic (exact) mass is 315 g/mol. The average molecular weight is 316 g/mol. The highest BCUT2D eigenvalue weighted by molar-refractivity contribution is 6.33. The van der Waals surface area contributed by atoms with Crippen LogP contribution in [0.5, 0.6) is 0 Å². The summed E-state index contributed by atoms with van der Waals surface area (Å²) in [6.45, 7) is 0.253. The molecule has 1 fully saturated rings. The normalized spacial score (nSPS) is 21.4. The lowest BCUT2D eigenvalue weighted by Crippen LogP contribution is -2.41.